The molecule has 1 unspecified atom stereocenters. The summed E-state index contributed by atoms with van der Waals surface area (Å²) < 4.78 is 12.4. The summed E-state index contributed by atoms with van der Waals surface area (Å²) in [5.41, 5.74) is 0.823. The van der Waals surface area contributed by atoms with Crippen LogP contribution in [0.15, 0.2) is 35.6 Å². The Kier molecular flexibility index (Phi) is 7.93. The zero-order chi connectivity index (χ0) is 19.3. The first-order valence-electron chi connectivity index (χ1n) is 9.10. The number of halogens is 1. The number of ether oxygens (including phenoxy) is 2. The highest BCUT2D eigenvalue weighted by atomic mass is 127. The monoisotopic (exact) mass is 501 g/mol. The van der Waals surface area contributed by atoms with Crippen molar-refractivity contribution < 1.29 is 14.6 Å². The summed E-state index contributed by atoms with van der Waals surface area (Å²) in [5.74, 6) is 2.25. The molecule has 154 valence electrons. The number of hydrogen-bond donors (Lipinski definition) is 3. The van der Waals surface area contributed by atoms with Crippen molar-refractivity contribution in [1.29, 1.82) is 0 Å². The molecule has 2 heterocycles. The third-order valence-electron chi connectivity index (χ3n) is 4.36. The smallest absolute Gasteiger partial charge is 0.231 e. The van der Waals surface area contributed by atoms with Gasteiger partial charge in [0.15, 0.2) is 17.5 Å². The van der Waals surface area contributed by atoms with Crippen molar-refractivity contribution >= 4 is 29.9 Å². The van der Waals surface area contributed by atoms with Gasteiger partial charge < -0.3 is 25.2 Å². The van der Waals surface area contributed by atoms with Crippen LogP contribution in [0, 0.1) is 0 Å². The van der Waals surface area contributed by atoms with Gasteiger partial charge in [0, 0.05) is 31.9 Å². The Balaban J connectivity index is 0.00000280. The highest BCUT2D eigenvalue weighted by Gasteiger charge is 2.24. The number of nitrogens with one attached hydrogen (secondary N) is 2. The molecular weight excluding hydrogens is 473 g/mol. The van der Waals surface area contributed by atoms with Crippen LogP contribution in [-0.2, 0) is 19.1 Å². The van der Waals surface area contributed by atoms with Gasteiger partial charge in [0.05, 0.1) is 12.7 Å². The zero-order valence-electron chi connectivity index (χ0n) is 16.4. The maximum absolute atomic E-state index is 10.7. The molecule has 1 aliphatic rings. The highest BCUT2D eigenvalue weighted by molar-refractivity contribution is 14.0. The van der Waals surface area contributed by atoms with Gasteiger partial charge in [0.2, 0.25) is 6.79 Å². The largest absolute Gasteiger partial charge is 0.454 e. The first-order valence-corrected chi connectivity index (χ1v) is 9.10. The number of aliphatic hydroxyl groups is 1. The summed E-state index contributed by atoms with van der Waals surface area (Å²) in [6.45, 7) is 5.71. The summed E-state index contributed by atoms with van der Waals surface area (Å²) in [5, 5.41) is 21.3. The van der Waals surface area contributed by atoms with Gasteiger partial charge >= 0.3 is 0 Å². The normalized spacial score (nSPS) is 14.9. The second-order valence-electron chi connectivity index (χ2n) is 6.74. The van der Waals surface area contributed by atoms with E-state index in [1.54, 1.807) is 24.0 Å². The minimum Gasteiger partial charge on any atom is -0.454 e. The van der Waals surface area contributed by atoms with Crippen molar-refractivity contribution in [2.45, 2.75) is 25.9 Å². The quantitative estimate of drug-likeness (QED) is 0.305. The molecule has 0 bridgehead atoms. The number of aromatic nitrogens is 2. The molecule has 0 amide bonds. The summed E-state index contributed by atoms with van der Waals surface area (Å²) in [7, 11) is 1.82. The second kappa shape index (κ2) is 9.97. The predicted molar refractivity (Wildman–Crippen MR) is 118 cm³/mol. The van der Waals surface area contributed by atoms with Gasteiger partial charge in [0.25, 0.3) is 0 Å². The van der Waals surface area contributed by atoms with E-state index in [0.29, 0.717) is 12.5 Å². The molecule has 9 heteroatoms. The molecule has 3 rings (SSSR count). The van der Waals surface area contributed by atoms with Crippen molar-refractivity contribution in [3.63, 3.8) is 0 Å². The fourth-order valence-corrected chi connectivity index (χ4v) is 2.79. The van der Waals surface area contributed by atoms with Gasteiger partial charge in [-0.2, -0.15) is 5.10 Å². The molecule has 0 aliphatic carbocycles. The molecule has 0 radical (unpaired) electrons. The number of hydrogen-bond acceptors (Lipinski definition) is 5. The number of rotatable bonds is 7. The lowest BCUT2D eigenvalue weighted by Crippen LogP contribution is -2.39. The summed E-state index contributed by atoms with van der Waals surface area (Å²) in [6.07, 6.45) is 4.28. The van der Waals surface area contributed by atoms with E-state index in [0.717, 1.165) is 35.6 Å². The van der Waals surface area contributed by atoms with Crippen LogP contribution in [0.1, 0.15) is 25.0 Å². The number of benzene rings is 1. The average Bonchev–Trinajstić information content (AvgIpc) is 3.28. The van der Waals surface area contributed by atoms with Crippen LogP contribution in [0.25, 0.3) is 0 Å². The van der Waals surface area contributed by atoms with Crippen LogP contribution in [-0.4, -0.2) is 47.3 Å². The van der Waals surface area contributed by atoms with Gasteiger partial charge in [-0.1, -0.05) is 6.07 Å². The molecule has 1 atom stereocenters. The van der Waals surface area contributed by atoms with Crippen molar-refractivity contribution in [2.24, 2.45) is 12.0 Å². The van der Waals surface area contributed by atoms with Gasteiger partial charge in [-0.25, -0.2) is 4.99 Å². The Morgan fingerprint density at radius 1 is 1.32 bits per heavy atom. The van der Waals surface area contributed by atoms with Gasteiger partial charge in [0.1, 0.15) is 5.60 Å². The summed E-state index contributed by atoms with van der Waals surface area (Å²) in [4.78, 5) is 4.52. The molecule has 0 saturated heterocycles. The van der Waals surface area contributed by atoms with Crippen LogP contribution in [0.3, 0.4) is 0 Å². The number of fused-ring (bicyclic) bond motifs is 1. The van der Waals surface area contributed by atoms with Crippen molar-refractivity contribution in [3.8, 4) is 11.5 Å². The Hall–Kier alpha value is -2.01. The minimum absolute atomic E-state index is 0. The minimum atomic E-state index is -1.08. The van der Waals surface area contributed by atoms with Gasteiger partial charge in [-0.05, 0) is 38.0 Å². The SMILES string of the molecule is CCNC(=NCC(C)(O)c1cnn(C)c1)NCCc1ccc2c(c1)OCO2.I. The van der Waals surface area contributed by atoms with E-state index in [9.17, 15) is 5.11 Å². The number of guanidine groups is 1. The lowest BCUT2D eigenvalue weighted by molar-refractivity contribution is 0.0672. The molecule has 8 nitrogen and oxygen atoms in total. The van der Waals surface area contributed by atoms with Crippen molar-refractivity contribution in [2.75, 3.05) is 26.4 Å². The van der Waals surface area contributed by atoms with Gasteiger partial charge in [-0.15, -0.1) is 24.0 Å². The standard InChI is InChI=1S/C19H27N5O3.HI/c1-4-20-18(22-12-19(2,25)15-10-23-24(3)11-15)21-8-7-14-5-6-16-17(9-14)27-13-26-16;/h5-6,9-11,25H,4,7-8,12-13H2,1-3H3,(H2,20,21,22);1H. The maximum Gasteiger partial charge on any atom is 0.231 e. The molecule has 3 N–H and O–H groups in total. The van der Waals surface area contributed by atoms with E-state index in [1.807, 2.05) is 32.2 Å². The summed E-state index contributed by atoms with van der Waals surface area (Å²) >= 11 is 0. The first-order chi connectivity index (χ1) is 13.0. The lowest BCUT2D eigenvalue weighted by Gasteiger charge is -2.20. The van der Waals surface area contributed by atoms with Crippen LogP contribution in [0.2, 0.25) is 0 Å². The van der Waals surface area contributed by atoms with E-state index >= 15 is 0 Å². The van der Waals surface area contributed by atoms with Crippen LogP contribution >= 0.6 is 24.0 Å². The fourth-order valence-electron chi connectivity index (χ4n) is 2.79. The van der Waals surface area contributed by atoms with Crippen molar-refractivity contribution in [3.05, 3.63) is 41.7 Å². The number of aliphatic imine (C=N–C) groups is 1. The molecule has 0 spiro atoms. The van der Waals surface area contributed by atoms with Crippen molar-refractivity contribution in [1.82, 2.24) is 20.4 Å². The predicted octanol–water partition coefficient (Wildman–Crippen LogP) is 1.77. The van der Waals surface area contributed by atoms with E-state index in [4.69, 9.17) is 9.47 Å². The maximum atomic E-state index is 10.7. The third kappa shape index (κ3) is 5.74. The molecule has 28 heavy (non-hydrogen) atoms. The Bertz CT molecular complexity index is 807. The van der Waals surface area contributed by atoms with E-state index < -0.39 is 5.60 Å². The number of aryl methyl sites for hydroxylation is 1. The van der Waals surface area contributed by atoms with Crippen LogP contribution in [0.5, 0.6) is 11.5 Å². The Labute approximate surface area is 182 Å². The Morgan fingerprint density at radius 2 is 2.11 bits per heavy atom. The Morgan fingerprint density at radius 3 is 2.82 bits per heavy atom. The van der Waals surface area contributed by atoms with E-state index in [-0.39, 0.29) is 37.3 Å². The fraction of sp³-hybridized carbons (Fsp3) is 0.474. The molecule has 1 aliphatic heterocycles. The van der Waals surface area contributed by atoms with E-state index in [1.165, 1.54) is 0 Å². The topological polar surface area (TPSA) is 92.9 Å². The molecular formula is C19H28IN5O3. The second-order valence-corrected chi connectivity index (χ2v) is 6.74. The molecule has 0 fully saturated rings. The van der Waals surface area contributed by atoms with Crippen LogP contribution < -0.4 is 20.1 Å². The van der Waals surface area contributed by atoms with Crippen LogP contribution in [0.4, 0.5) is 0 Å². The average molecular weight is 501 g/mol. The van der Waals surface area contributed by atoms with E-state index in [2.05, 4.69) is 20.7 Å². The first kappa shape index (κ1) is 22.3. The lowest BCUT2D eigenvalue weighted by atomic mass is 10.0. The zero-order valence-corrected chi connectivity index (χ0v) is 18.8. The molecule has 1 aromatic heterocycles. The third-order valence-corrected chi connectivity index (χ3v) is 4.36. The molecule has 2 aromatic rings. The number of nitrogens with zero attached hydrogens (tertiary/aromatic N) is 3. The summed E-state index contributed by atoms with van der Waals surface area (Å²) in [6, 6.07) is 5.97. The molecule has 0 saturated carbocycles. The van der Waals surface area contributed by atoms with Gasteiger partial charge in [-0.3, -0.25) is 4.68 Å². The highest BCUT2D eigenvalue weighted by Crippen LogP contribution is 2.32. The molecule has 1 aromatic carbocycles.